The van der Waals surface area contributed by atoms with Crippen LogP contribution in [-0.4, -0.2) is 21.3 Å². The van der Waals surface area contributed by atoms with Gasteiger partial charge in [0.15, 0.2) is 0 Å². The molecule has 2 aromatic rings. The summed E-state index contributed by atoms with van der Waals surface area (Å²) in [6.07, 6.45) is 6.03. The second-order valence-corrected chi connectivity index (χ2v) is 4.00. The Hall–Kier alpha value is -1.75. The summed E-state index contributed by atoms with van der Waals surface area (Å²) >= 11 is 6.15. The second-order valence-electron chi connectivity index (χ2n) is 3.59. The van der Waals surface area contributed by atoms with E-state index in [1.54, 1.807) is 10.9 Å². The van der Waals surface area contributed by atoms with E-state index in [0.29, 0.717) is 10.8 Å². The first-order valence-electron chi connectivity index (χ1n) is 5.42. The summed E-state index contributed by atoms with van der Waals surface area (Å²) in [5.74, 6) is 0.424. The lowest BCUT2D eigenvalue weighted by Crippen LogP contribution is -2.10. The van der Waals surface area contributed by atoms with E-state index in [1.165, 1.54) is 6.20 Å². The molecule has 2 rings (SSSR count). The van der Waals surface area contributed by atoms with E-state index in [-0.39, 0.29) is 0 Å². The summed E-state index contributed by atoms with van der Waals surface area (Å²) in [6.45, 7) is 2.88. The molecule has 6 heteroatoms. The average Bonchev–Trinajstić information content (AvgIpc) is 2.83. The molecule has 0 radical (unpaired) electrons. The number of hydrogen-bond acceptors (Lipinski definition) is 4. The van der Waals surface area contributed by atoms with Crippen molar-refractivity contribution in [2.24, 2.45) is 0 Å². The number of anilines is 2. The molecule has 0 unspecified atom stereocenters. The van der Waals surface area contributed by atoms with Crippen molar-refractivity contribution < 1.29 is 0 Å². The smallest absolute Gasteiger partial charge is 0.149 e. The highest BCUT2D eigenvalue weighted by Gasteiger charge is 2.13. The summed E-state index contributed by atoms with van der Waals surface area (Å²) in [7, 11) is 0. The van der Waals surface area contributed by atoms with E-state index in [1.807, 2.05) is 12.3 Å². The topological polar surface area (TPSA) is 68.8 Å². The van der Waals surface area contributed by atoms with Crippen LogP contribution < -0.4 is 11.1 Å². The van der Waals surface area contributed by atoms with Crippen molar-refractivity contribution in [2.45, 2.75) is 13.3 Å². The molecule has 3 N–H and O–H groups in total. The van der Waals surface area contributed by atoms with Gasteiger partial charge >= 0.3 is 0 Å². The van der Waals surface area contributed by atoms with Gasteiger partial charge in [0.05, 0.1) is 11.2 Å². The highest BCUT2D eigenvalue weighted by molar-refractivity contribution is 6.33. The third kappa shape index (κ3) is 2.34. The maximum absolute atomic E-state index is 6.15. The predicted molar refractivity (Wildman–Crippen MR) is 69.6 cm³/mol. The SMILES string of the molecule is CCCNc1c(N)ncc(Cl)c1-n1cccn1. The van der Waals surface area contributed by atoms with Crippen LogP contribution in [0.2, 0.25) is 5.02 Å². The summed E-state index contributed by atoms with van der Waals surface area (Å²) in [5.41, 5.74) is 7.32. The van der Waals surface area contributed by atoms with Crippen LogP contribution in [0, 0.1) is 0 Å². The van der Waals surface area contributed by atoms with Crippen LogP contribution in [-0.2, 0) is 0 Å². The molecule has 90 valence electrons. The molecule has 0 bridgehead atoms. The zero-order valence-corrected chi connectivity index (χ0v) is 10.3. The summed E-state index contributed by atoms with van der Waals surface area (Å²) in [6, 6.07) is 1.83. The van der Waals surface area contributed by atoms with E-state index in [4.69, 9.17) is 17.3 Å². The van der Waals surface area contributed by atoms with Crippen LogP contribution in [0.15, 0.2) is 24.7 Å². The number of nitrogen functional groups attached to an aromatic ring is 1. The van der Waals surface area contributed by atoms with Crippen LogP contribution in [0.1, 0.15) is 13.3 Å². The molecule has 0 aromatic carbocycles. The number of pyridine rings is 1. The second kappa shape index (κ2) is 5.05. The molecule has 5 nitrogen and oxygen atoms in total. The molecule has 0 aliphatic carbocycles. The standard InChI is InChI=1S/C11H14ClN5/c1-2-4-14-9-10(17-6-3-5-16-17)8(12)7-15-11(9)13/h3,5-7,14H,2,4H2,1H3,(H2,13,15). The van der Waals surface area contributed by atoms with Crippen LogP contribution in [0.4, 0.5) is 11.5 Å². The fourth-order valence-electron chi connectivity index (χ4n) is 1.54. The number of nitrogens with one attached hydrogen (secondary N) is 1. The number of halogens is 1. The maximum Gasteiger partial charge on any atom is 0.149 e. The molecule has 2 aromatic heterocycles. The van der Waals surface area contributed by atoms with E-state index >= 15 is 0 Å². The maximum atomic E-state index is 6.15. The van der Waals surface area contributed by atoms with Crippen LogP contribution in [0.3, 0.4) is 0 Å². The zero-order valence-electron chi connectivity index (χ0n) is 9.52. The Labute approximate surface area is 105 Å². The van der Waals surface area contributed by atoms with Gasteiger partial charge in [-0.05, 0) is 12.5 Å². The highest BCUT2D eigenvalue weighted by Crippen LogP contribution is 2.31. The van der Waals surface area contributed by atoms with Crippen molar-refractivity contribution in [2.75, 3.05) is 17.6 Å². The third-order valence-corrected chi connectivity index (χ3v) is 2.60. The summed E-state index contributed by atoms with van der Waals surface area (Å²) < 4.78 is 1.68. The Morgan fingerprint density at radius 3 is 3.00 bits per heavy atom. The van der Waals surface area contributed by atoms with Gasteiger partial charge in [-0.1, -0.05) is 18.5 Å². The van der Waals surface area contributed by atoms with Gasteiger partial charge in [0.25, 0.3) is 0 Å². The highest BCUT2D eigenvalue weighted by atomic mass is 35.5. The molecule has 2 heterocycles. The monoisotopic (exact) mass is 251 g/mol. The summed E-state index contributed by atoms with van der Waals surface area (Å²) in [5, 5.41) is 7.91. The van der Waals surface area contributed by atoms with E-state index in [0.717, 1.165) is 24.3 Å². The molecular formula is C11H14ClN5. The Morgan fingerprint density at radius 2 is 2.35 bits per heavy atom. The Bertz CT molecular complexity index is 495. The normalized spacial score (nSPS) is 10.5. The van der Waals surface area contributed by atoms with Gasteiger partial charge in [-0.2, -0.15) is 5.10 Å². The largest absolute Gasteiger partial charge is 0.382 e. The molecule has 17 heavy (non-hydrogen) atoms. The fourth-order valence-corrected chi connectivity index (χ4v) is 1.77. The van der Waals surface area contributed by atoms with Crippen LogP contribution >= 0.6 is 11.6 Å². The molecule has 0 saturated heterocycles. The third-order valence-electron chi connectivity index (χ3n) is 2.32. The first-order chi connectivity index (χ1) is 8.24. The Morgan fingerprint density at radius 1 is 1.53 bits per heavy atom. The van der Waals surface area contributed by atoms with E-state index in [2.05, 4.69) is 22.3 Å². The van der Waals surface area contributed by atoms with Crippen molar-refractivity contribution in [3.63, 3.8) is 0 Å². The molecule has 0 aliphatic heterocycles. The van der Waals surface area contributed by atoms with Gasteiger partial charge in [-0.25, -0.2) is 9.67 Å². The van der Waals surface area contributed by atoms with Gasteiger partial charge < -0.3 is 11.1 Å². The quantitative estimate of drug-likeness (QED) is 0.875. The predicted octanol–water partition coefficient (Wildman–Crippen LogP) is 2.32. The molecule has 0 amide bonds. The molecule has 0 spiro atoms. The van der Waals surface area contributed by atoms with Crippen LogP contribution in [0.5, 0.6) is 0 Å². The zero-order chi connectivity index (χ0) is 12.3. The number of rotatable bonds is 4. The molecule has 0 atom stereocenters. The van der Waals surface area contributed by atoms with E-state index in [9.17, 15) is 0 Å². The van der Waals surface area contributed by atoms with Crippen molar-refractivity contribution in [3.05, 3.63) is 29.7 Å². The lowest BCUT2D eigenvalue weighted by molar-refractivity contribution is 0.874. The first kappa shape index (κ1) is 11.7. The van der Waals surface area contributed by atoms with Gasteiger partial charge in [-0.15, -0.1) is 0 Å². The van der Waals surface area contributed by atoms with Crippen molar-refractivity contribution >= 4 is 23.1 Å². The minimum absolute atomic E-state index is 0.424. The number of hydrogen-bond donors (Lipinski definition) is 2. The molecule has 0 aliphatic rings. The van der Waals surface area contributed by atoms with Gasteiger partial charge in [0.1, 0.15) is 17.2 Å². The minimum atomic E-state index is 0.424. The van der Waals surface area contributed by atoms with Gasteiger partial charge in [-0.3, -0.25) is 0 Å². The molecule has 0 fully saturated rings. The molecular weight excluding hydrogens is 238 g/mol. The lowest BCUT2D eigenvalue weighted by atomic mass is 10.3. The van der Waals surface area contributed by atoms with Gasteiger partial charge in [0.2, 0.25) is 0 Å². The average molecular weight is 252 g/mol. The number of aromatic nitrogens is 3. The van der Waals surface area contributed by atoms with Crippen molar-refractivity contribution in [1.29, 1.82) is 0 Å². The van der Waals surface area contributed by atoms with Crippen LogP contribution in [0.25, 0.3) is 5.69 Å². The fraction of sp³-hybridized carbons (Fsp3) is 0.273. The van der Waals surface area contributed by atoms with Crippen molar-refractivity contribution in [3.8, 4) is 5.69 Å². The summed E-state index contributed by atoms with van der Waals surface area (Å²) in [4.78, 5) is 4.04. The number of nitrogens with zero attached hydrogens (tertiary/aromatic N) is 3. The Kier molecular flexibility index (Phi) is 3.49. The first-order valence-corrected chi connectivity index (χ1v) is 5.79. The Balaban J connectivity index is 2.51. The van der Waals surface area contributed by atoms with Gasteiger partial charge in [0, 0.05) is 18.9 Å². The minimum Gasteiger partial charge on any atom is -0.382 e. The number of nitrogens with two attached hydrogens (primary N) is 1. The van der Waals surface area contributed by atoms with Crippen molar-refractivity contribution in [1.82, 2.24) is 14.8 Å². The molecule has 0 saturated carbocycles. The lowest BCUT2D eigenvalue weighted by Gasteiger charge is -2.14. The van der Waals surface area contributed by atoms with E-state index < -0.39 is 0 Å².